The Morgan fingerprint density at radius 2 is 1.73 bits per heavy atom. The summed E-state index contributed by atoms with van der Waals surface area (Å²) in [6.07, 6.45) is 0. The van der Waals surface area contributed by atoms with Crippen molar-refractivity contribution in [2.24, 2.45) is 0 Å². The summed E-state index contributed by atoms with van der Waals surface area (Å²) in [6.45, 7) is 10.7. The van der Waals surface area contributed by atoms with Crippen LogP contribution < -0.4 is 10.2 Å². The molecule has 0 saturated carbocycles. The minimum Gasteiger partial charge on any atom is -0.364 e. The SMILES string of the molecule is CN1CCN(c2nn3c(NC(C)(C)C)c(-c4ccccc4)nc3s2)CC1. The van der Waals surface area contributed by atoms with E-state index in [0.717, 1.165) is 53.3 Å². The summed E-state index contributed by atoms with van der Waals surface area (Å²) in [5, 5.41) is 9.57. The van der Waals surface area contributed by atoms with Crippen LogP contribution in [0.4, 0.5) is 10.9 Å². The Morgan fingerprint density at radius 1 is 1.04 bits per heavy atom. The molecule has 2 aromatic heterocycles. The van der Waals surface area contributed by atoms with Gasteiger partial charge in [0.15, 0.2) is 5.82 Å². The van der Waals surface area contributed by atoms with E-state index in [0.29, 0.717) is 0 Å². The summed E-state index contributed by atoms with van der Waals surface area (Å²) in [5.41, 5.74) is 2.00. The van der Waals surface area contributed by atoms with Gasteiger partial charge >= 0.3 is 0 Å². The zero-order chi connectivity index (χ0) is 18.3. The van der Waals surface area contributed by atoms with Crippen molar-refractivity contribution in [3.63, 3.8) is 0 Å². The number of imidazole rings is 1. The fraction of sp³-hybridized carbons (Fsp3) is 0.474. The number of aromatic nitrogens is 3. The van der Waals surface area contributed by atoms with Crippen LogP contribution in [0.5, 0.6) is 0 Å². The third-order valence-electron chi connectivity index (χ3n) is 4.51. The highest BCUT2D eigenvalue weighted by Gasteiger charge is 2.24. The molecule has 7 heteroatoms. The van der Waals surface area contributed by atoms with Crippen LogP contribution >= 0.6 is 11.3 Å². The van der Waals surface area contributed by atoms with Crippen molar-refractivity contribution in [3.05, 3.63) is 30.3 Å². The minimum atomic E-state index is -0.0723. The summed E-state index contributed by atoms with van der Waals surface area (Å²) in [7, 11) is 2.17. The summed E-state index contributed by atoms with van der Waals surface area (Å²) in [4.78, 5) is 10.6. The normalized spacial score (nSPS) is 16.4. The number of nitrogens with zero attached hydrogens (tertiary/aromatic N) is 5. The van der Waals surface area contributed by atoms with Crippen LogP contribution in [0, 0.1) is 0 Å². The number of fused-ring (bicyclic) bond motifs is 1. The molecule has 0 radical (unpaired) electrons. The number of benzene rings is 1. The highest BCUT2D eigenvalue weighted by atomic mass is 32.1. The van der Waals surface area contributed by atoms with E-state index in [4.69, 9.17) is 10.1 Å². The van der Waals surface area contributed by atoms with Gasteiger partial charge in [0.05, 0.1) is 0 Å². The van der Waals surface area contributed by atoms with Crippen LogP contribution in [0.25, 0.3) is 16.2 Å². The second-order valence-electron chi connectivity index (χ2n) is 7.92. The van der Waals surface area contributed by atoms with Crippen LogP contribution in [0.1, 0.15) is 20.8 Å². The van der Waals surface area contributed by atoms with E-state index in [2.05, 4.69) is 55.1 Å². The van der Waals surface area contributed by atoms with E-state index in [1.807, 2.05) is 22.7 Å². The summed E-state index contributed by atoms with van der Waals surface area (Å²) in [5.74, 6) is 0.968. The van der Waals surface area contributed by atoms with Crippen LogP contribution in [-0.2, 0) is 0 Å². The molecule has 1 N–H and O–H groups in total. The molecule has 1 aliphatic rings. The fourth-order valence-corrected chi connectivity index (χ4v) is 4.08. The Balaban J connectivity index is 1.76. The van der Waals surface area contributed by atoms with Gasteiger partial charge in [0.2, 0.25) is 10.1 Å². The van der Waals surface area contributed by atoms with Gasteiger partial charge in [-0.2, -0.15) is 4.52 Å². The van der Waals surface area contributed by atoms with E-state index in [-0.39, 0.29) is 5.54 Å². The first-order valence-corrected chi connectivity index (χ1v) is 9.89. The second kappa shape index (κ2) is 6.55. The molecule has 1 saturated heterocycles. The van der Waals surface area contributed by atoms with Crippen LogP contribution in [-0.4, -0.2) is 58.3 Å². The topological polar surface area (TPSA) is 48.7 Å². The first-order chi connectivity index (χ1) is 12.4. The van der Waals surface area contributed by atoms with Gasteiger partial charge in [-0.25, -0.2) is 4.98 Å². The van der Waals surface area contributed by atoms with Crippen molar-refractivity contribution in [2.75, 3.05) is 43.4 Å². The Morgan fingerprint density at radius 3 is 2.38 bits per heavy atom. The minimum absolute atomic E-state index is 0.0723. The van der Waals surface area contributed by atoms with Gasteiger partial charge in [0.1, 0.15) is 5.69 Å². The van der Waals surface area contributed by atoms with Crippen LogP contribution in [0.15, 0.2) is 30.3 Å². The number of hydrogen-bond donors (Lipinski definition) is 1. The first kappa shape index (κ1) is 17.3. The Labute approximate surface area is 158 Å². The predicted molar refractivity (Wildman–Crippen MR) is 109 cm³/mol. The number of piperazine rings is 1. The van der Waals surface area contributed by atoms with Gasteiger partial charge in [-0.05, 0) is 27.8 Å². The van der Waals surface area contributed by atoms with Gasteiger partial charge in [0, 0.05) is 37.3 Å². The lowest BCUT2D eigenvalue weighted by Crippen LogP contribution is -2.44. The van der Waals surface area contributed by atoms with Crippen LogP contribution in [0.3, 0.4) is 0 Å². The fourth-order valence-electron chi connectivity index (χ4n) is 3.13. The van der Waals surface area contributed by atoms with Crippen molar-refractivity contribution in [1.82, 2.24) is 19.5 Å². The highest BCUT2D eigenvalue weighted by Crippen LogP contribution is 2.34. The van der Waals surface area contributed by atoms with Crippen molar-refractivity contribution in [2.45, 2.75) is 26.3 Å². The predicted octanol–water partition coefficient (Wildman–Crippen LogP) is 3.42. The second-order valence-corrected chi connectivity index (χ2v) is 8.85. The third-order valence-corrected chi connectivity index (χ3v) is 5.48. The van der Waals surface area contributed by atoms with Crippen molar-refractivity contribution in [1.29, 1.82) is 0 Å². The molecule has 1 aliphatic heterocycles. The average Bonchev–Trinajstić information content (AvgIpc) is 3.15. The molecule has 3 aromatic rings. The van der Waals surface area contributed by atoms with Gasteiger partial charge in [-0.1, -0.05) is 41.7 Å². The Kier molecular flexibility index (Phi) is 4.36. The van der Waals surface area contributed by atoms with Gasteiger partial charge < -0.3 is 15.1 Å². The van der Waals surface area contributed by atoms with Gasteiger partial charge in [0.25, 0.3) is 0 Å². The smallest absolute Gasteiger partial charge is 0.216 e. The maximum atomic E-state index is 4.92. The molecule has 3 heterocycles. The largest absolute Gasteiger partial charge is 0.364 e. The van der Waals surface area contributed by atoms with Crippen molar-refractivity contribution >= 4 is 27.2 Å². The van der Waals surface area contributed by atoms with Crippen molar-refractivity contribution < 1.29 is 0 Å². The molecule has 1 aromatic carbocycles. The monoisotopic (exact) mass is 370 g/mol. The molecule has 138 valence electrons. The zero-order valence-electron chi connectivity index (χ0n) is 15.9. The summed E-state index contributed by atoms with van der Waals surface area (Å²) < 4.78 is 1.98. The molecule has 0 spiro atoms. The highest BCUT2D eigenvalue weighted by molar-refractivity contribution is 7.20. The van der Waals surface area contributed by atoms with Gasteiger partial charge in [-0.15, -0.1) is 5.10 Å². The Hall–Kier alpha value is -2.12. The molecule has 0 aliphatic carbocycles. The third kappa shape index (κ3) is 3.41. The number of nitrogens with one attached hydrogen (secondary N) is 1. The summed E-state index contributed by atoms with van der Waals surface area (Å²) >= 11 is 1.67. The first-order valence-electron chi connectivity index (χ1n) is 9.07. The number of anilines is 2. The average molecular weight is 371 g/mol. The molecule has 0 bridgehead atoms. The molecular weight excluding hydrogens is 344 g/mol. The molecular formula is C19H26N6S. The molecule has 26 heavy (non-hydrogen) atoms. The lowest BCUT2D eigenvalue weighted by Gasteiger charge is -2.31. The van der Waals surface area contributed by atoms with E-state index in [1.165, 1.54) is 0 Å². The summed E-state index contributed by atoms with van der Waals surface area (Å²) in [6, 6.07) is 10.3. The molecule has 6 nitrogen and oxygen atoms in total. The zero-order valence-corrected chi connectivity index (χ0v) is 16.7. The number of hydrogen-bond acceptors (Lipinski definition) is 6. The molecule has 0 amide bonds. The maximum absolute atomic E-state index is 4.92. The molecule has 1 fully saturated rings. The van der Waals surface area contributed by atoms with Crippen molar-refractivity contribution in [3.8, 4) is 11.3 Å². The van der Waals surface area contributed by atoms with E-state index in [1.54, 1.807) is 11.3 Å². The van der Waals surface area contributed by atoms with Crippen LogP contribution in [0.2, 0.25) is 0 Å². The molecule has 4 rings (SSSR count). The standard InChI is InChI=1S/C19H26N6S/c1-19(2,3)21-16-15(14-8-6-5-7-9-14)20-17-25(16)22-18(26-17)24-12-10-23(4)11-13-24/h5-9,21H,10-13H2,1-4H3. The van der Waals surface area contributed by atoms with Gasteiger partial charge in [-0.3, -0.25) is 0 Å². The quantitative estimate of drug-likeness (QED) is 0.765. The molecule has 0 unspecified atom stereocenters. The lowest BCUT2D eigenvalue weighted by atomic mass is 10.1. The number of rotatable bonds is 3. The Bertz CT molecular complexity index is 884. The maximum Gasteiger partial charge on any atom is 0.216 e. The van der Waals surface area contributed by atoms with E-state index >= 15 is 0 Å². The number of likely N-dealkylation sites (N-methyl/N-ethyl adjacent to an activating group) is 1. The van der Waals surface area contributed by atoms with E-state index < -0.39 is 0 Å². The molecule has 0 atom stereocenters. The van der Waals surface area contributed by atoms with E-state index in [9.17, 15) is 0 Å². The lowest BCUT2D eigenvalue weighted by molar-refractivity contribution is 0.312.